The fourth-order valence-corrected chi connectivity index (χ4v) is 5.04. The van der Waals surface area contributed by atoms with Crippen molar-refractivity contribution in [2.75, 3.05) is 11.9 Å². The Morgan fingerprint density at radius 3 is 2.54 bits per heavy atom. The molecule has 1 saturated heterocycles. The summed E-state index contributed by atoms with van der Waals surface area (Å²) >= 11 is 3.27. The van der Waals surface area contributed by atoms with E-state index >= 15 is 0 Å². The molecule has 1 N–H and O–H groups in total. The fraction of sp³-hybridized carbons (Fsp3) is 0.400. The van der Waals surface area contributed by atoms with Crippen molar-refractivity contribution in [3.8, 4) is 0 Å². The van der Waals surface area contributed by atoms with Gasteiger partial charge in [0, 0.05) is 22.2 Å². The highest BCUT2D eigenvalue weighted by atomic mass is 127. The van der Waals surface area contributed by atoms with Crippen molar-refractivity contribution in [3.63, 3.8) is 0 Å². The molecule has 0 spiro atoms. The number of rotatable bonds is 9. The molecule has 10 heteroatoms. The highest BCUT2D eigenvalue weighted by Gasteiger charge is 2.36. The van der Waals surface area contributed by atoms with Gasteiger partial charge in [-0.1, -0.05) is 50.4 Å². The standard InChI is InChI=1S/C25H27F3IN3O2S/c1-2-3-4-5-6-14-32-22(33)16-21(23(34)30-19-12-10-18(29)11-13-19)35-24(32)31-20-9-7-8-17(15-20)25(26,27)28/h7-13,15,21H,2-6,14,16H2,1H3,(H,30,34). The van der Waals surface area contributed by atoms with E-state index in [1.807, 2.05) is 12.1 Å². The van der Waals surface area contributed by atoms with Gasteiger partial charge >= 0.3 is 6.18 Å². The Labute approximate surface area is 221 Å². The van der Waals surface area contributed by atoms with Crippen molar-refractivity contribution in [1.29, 1.82) is 0 Å². The Morgan fingerprint density at radius 1 is 1.14 bits per heavy atom. The lowest BCUT2D eigenvalue weighted by Crippen LogP contribution is -2.45. The van der Waals surface area contributed by atoms with Gasteiger partial charge in [0.25, 0.3) is 0 Å². The average molecular weight is 617 g/mol. The molecule has 5 nitrogen and oxygen atoms in total. The zero-order chi connectivity index (χ0) is 25.4. The summed E-state index contributed by atoms with van der Waals surface area (Å²) in [4.78, 5) is 31.8. The number of alkyl halides is 3. The van der Waals surface area contributed by atoms with Gasteiger partial charge < -0.3 is 5.32 Å². The zero-order valence-corrected chi connectivity index (χ0v) is 22.3. The van der Waals surface area contributed by atoms with Crippen molar-refractivity contribution < 1.29 is 22.8 Å². The molecule has 2 aromatic carbocycles. The maximum Gasteiger partial charge on any atom is 0.416 e. The third-order valence-corrected chi connectivity index (χ3v) is 7.33. The molecule has 0 bridgehead atoms. The summed E-state index contributed by atoms with van der Waals surface area (Å²) in [5.41, 5.74) is -0.117. The van der Waals surface area contributed by atoms with E-state index in [9.17, 15) is 22.8 Å². The number of amides is 2. The lowest BCUT2D eigenvalue weighted by molar-refractivity contribution is -0.137. The molecule has 188 valence electrons. The first-order valence-corrected chi connectivity index (χ1v) is 13.4. The molecule has 2 amide bonds. The summed E-state index contributed by atoms with van der Waals surface area (Å²) in [6.45, 7) is 2.53. The van der Waals surface area contributed by atoms with Crippen LogP contribution in [-0.2, 0) is 15.8 Å². The first-order chi connectivity index (χ1) is 16.7. The van der Waals surface area contributed by atoms with Gasteiger partial charge in [-0.25, -0.2) is 4.99 Å². The second kappa shape index (κ2) is 12.8. The van der Waals surface area contributed by atoms with Gasteiger partial charge in [0.15, 0.2) is 5.17 Å². The maximum absolute atomic E-state index is 13.2. The van der Waals surface area contributed by atoms with Crippen LogP contribution in [0.2, 0.25) is 0 Å². The number of hydrogen-bond donors (Lipinski definition) is 1. The van der Waals surface area contributed by atoms with Crippen molar-refractivity contribution in [2.24, 2.45) is 4.99 Å². The van der Waals surface area contributed by atoms with E-state index in [0.717, 1.165) is 59.6 Å². The van der Waals surface area contributed by atoms with Crippen LogP contribution < -0.4 is 5.32 Å². The van der Waals surface area contributed by atoms with E-state index in [4.69, 9.17) is 0 Å². The zero-order valence-electron chi connectivity index (χ0n) is 19.3. The van der Waals surface area contributed by atoms with E-state index in [0.29, 0.717) is 12.2 Å². The SMILES string of the molecule is CCCCCCCN1C(=O)CC(C(=O)Nc2ccc(I)cc2)SC1=Nc1cccc(C(F)(F)F)c1. The number of anilines is 1. The average Bonchev–Trinajstić information content (AvgIpc) is 2.81. The van der Waals surface area contributed by atoms with Crippen LogP contribution in [-0.4, -0.2) is 33.7 Å². The first-order valence-electron chi connectivity index (χ1n) is 11.5. The van der Waals surface area contributed by atoms with E-state index in [1.54, 1.807) is 12.1 Å². The van der Waals surface area contributed by atoms with Crippen molar-refractivity contribution >= 4 is 62.7 Å². The predicted octanol–water partition coefficient (Wildman–Crippen LogP) is 7.24. The molecular formula is C25H27F3IN3O2S. The van der Waals surface area contributed by atoms with E-state index < -0.39 is 17.0 Å². The molecule has 1 aliphatic heterocycles. The smallest absolute Gasteiger partial charge is 0.325 e. The Kier molecular flexibility index (Phi) is 10.0. The molecule has 2 aromatic rings. The summed E-state index contributed by atoms with van der Waals surface area (Å²) in [5.74, 6) is -0.600. The Hall–Kier alpha value is -2.08. The number of carbonyl (C=O) groups excluding carboxylic acids is 2. The molecule has 1 fully saturated rings. The van der Waals surface area contributed by atoms with Crippen LogP contribution in [0.3, 0.4) is 0 Å². The number of benzene rings is 2. The summed E-state index contributed by atoms with van der Waals surface area (Å²) in [6.07, 6.45) is 0.445. The topological polar surface area (TPSA) is 61.8 Å². The number of nitrogens with one attached hydrogen (secondary N) is 1. The molecule has 3 rings (SSSR count). The van der Waals surface area contributed by atoms with Gasteiger partial charge in [0.1, 0.15) is 5.25 Å². The molecule has 0 aromatic heterocycles. The number of amidine groups is 1. The lowest BCUT2D eigenvalue weighted by atomic mass is 10.1. The van der Waals surface area contributed by atoms with Crippen LogP contribution in [0, 0.1) is 3.57 Å². The predicted molar refractivity (Wildman–Crippen MR) is 143 cm³/mol. The van der Waals surface area contributed by atoms with E-state index in [2.05, 4.69) is 39.8 Å². The highest BCUT2D eigenvalue weighted by molar-refractivity contribution is 14.1. The van der Waals surface area contributed by atoms with Crippen LogP contribution in [0.15, 0.2) is 53.5 Å². The maximum atomic E-state index is 13.2. The second-order valence-electron chi connectivity index (χ2n) is 8.21. The highest BCUT2D eigenvalue weighted by Crippen LogP contribution is 2.34. The lowest BCUT2D eigenvalue weighted by Gasteiger charge is -2.32. The minimum absolute atomic E-state index is 0.00254. The van der Waals surface area contributed by atoms with Crippen LogP contribution in [0.4, 0.5) is 24.5 Å². The van der Waals surface area contributed by atoms with Crippen LogP contribution >= 0.6 is 34.4 Å². The molecule has 0 saturated carbocycles. The van der Waals surface area contributed by atoms with Gasteiger partial charge in [-0.3, -0.25) is 14.5 Å². The molecule has 1 heterocycles. The second-order valence-corrected chi connectivity index (χ2v) is 10.6. The Bertz CT molecular complexity index is 1060. The number of halogens is 4. The number of thioether (sulfide) groups is 1. The first kappa shape index (κ1) is 27.5. The number of nitrogens with zero attached hydrogens (tertiary/aromatic N) is 2. The van der Waals surface area contributed by atoms with Gasteiger partial charge in [-0.2, -0.15) is 13.2 Å². The Morgan fingerprint density at radius 2 is 1.86 bits per heavy atom. The third kappa shape index (κ3) is 8.23. The summed E-state index contributed by atoms with van der Waals surface area (Å²) in [7, 11) is 0. The van der Waals surface area contributed by atoms with Crippen molar-refractivity contribution in [3.05, 3.63) is 57.7 Å². The van der Waals surface area contributed by atoms with Crippen LogP contribution in [0.1, 0.15) is 51.0 Å². The van der Waals surface area contributed by atoms with Gasteiger partial charge in [-0.15, -0.1) is 0 Å². The normalized spacial score (nSPS) is 17.6. The minimum atomic E-state index is -4.50. The van der Waals surface area contributed by atoms with Gasteiger partial charge in [0.05, 0.1) is 11.3 Å². The molecule has 1 unspecified atom stereocenters. The third-order valence-electron chi connectivity index (χ3n) is 5.43. The van der Waals surface area contributed by atoms with E-state index in [-0.39, 0.29) is 29.1 Å². The summed E-state index contributed by atoms with van der Waals surface area (Å²) in [5, 5.41) is 2.33. The fourth-order valence-electron chi connectivity index (χ4n) is 3.55. The molecule has 0 radical (unpaired) electrons. The van der Waals surface area contributed by atoms with Crippen molar-refractivity contribution in [1.82, 2.24) is 4.90 Å². The molecular weight excluding hydrogens is 590 g/mol. The molecule has 0 aliphatic carbocycles. The van der Waals surface area contributed by atoms with Crippen molar-refractivity contribution in [2.45, 2.75) is 56.9 Å². The van der Waals surface area contributed by atoms with Gasteiger partial charge in [0.2, 0.25) is 11.8 Å². The Balaban J connectivity index is 1.82. The minimum Gasteiger partial charge on any atom is -0.325 e. The summed E-state index contributed by atoms with van der Waals surface area (Å²) in [6, 6.07) is 11.9. The quantitative estimate of drug-likeness (QED) is 0.239. The monoisotopic (exact) mass is 617 g/mol. The van der Waals surface area contributed by atoms with Gasteiger partial charge in [-0.05, 0) is 71.5 Å². The van der Waals surface area contributed by atoms with Crippen LogP contribution in [0.25, 0.3) is 0 Å². The molecule has 35 heavy (non-hydrogen) atoms. The number of unbranched alkanes of at least 4 members (excludes halogenated alkanes) is 4. The molecule has 1 atom stereocenters. The van der Waals surface area contributed by atoms with E-state index in [1.165, 1.54) is 17.0 Å². The number of aliphatic imine (C=N–C) groups is 1. The molecule has 1 aliphatic rings. The van der Waals surface area contributed by atoms with Crippen LogP contribution in [0.5, 0.6) is 0 Å². The summed E-state index contributed by atoms with van der Waals surface area (Å²) < 4.78 is 40.6. The number of carbonyl (C=O) groups is 2. The largest absolute Gasteiger partial charge is 0.416 e. The number of hydrogen-bond acceptors (Lipinski definition) is 4.